The van der Waals surface area contributed by atoms with E-state index in [2.05, 4.69) is 21.2 Å². The average Bonchev–Trinajstić information content (AvgIpc) is 2.90. The molecule has 1 atom stereocenters. The van der Waals surface area contributed by atoms with E-state index in [1.54, 1.807) is 24.5 Å². The molecule has 2 rings (SSSR count). The number of nitrogens with one attached hydrogen (secondary N) is 1. The van der Waals surface area contributed by atoms with Gasteiger partial charge in [-0.15, -0.1) is 0 Å². The zero-order valence-electron chi connectivity index (χ0n) is 10.3. The van der Waals surface area contributed by atoms with Crippen molar-refractivity contribution in [2.24, 2.45) is 0 Å². The number of benzene rings is 1. The second-order valence-electron chi connectivity index (χ2n) is 4.04. The lowest BCUT2D eigenvalue weighted by molar-refractivity contribution is -0.384. The maximum absolute atomic E-state index is 11.1. The molecule has 100 valence electrons. The molecule has 1 heterocycles. The molecule has 0 fully saturated rings. The molecule has 0 spiro atoms. The third kappa shape index (κ3) is 3.14. The molecule has 1 aromatic carbocycles. The van der Waals surface area contributed by atoms with Gasteiger partial charge in [0.1, 0.15) is 11.4 Å². The maximum Gasteiger partial charge on any atom is 0.293 e. The number of furan rings is 1. The van der Waals surface area contributed by atoms with Gasteiger partial charge in [-0.05, 0) is 30.7 Å². The van der Waals surface area contributed by atoms with E-state index in [9.17, 15) is 10.1 Å². The number of nitrogens with zero attached hydrogens (tertiary/aromatic N) is 1. The van der Waals surface area contributed by atoms with Crippen molar-refractivity contribution in [3.8, 4) is 0 Å². The van der Waals surface area contributed by atoms with Crippen molar-refractivity contribution in [3.63, 3.8) is 0 Å². The molecule has 0 saturated heterocycles. The predicted octanol–water partition coefficient (Wildman–Crippen LogP) is 4.51. The number of hydrogen-bond acceptors (Lipinski definition) is 4. The van der Waals surface area contributed by atoms with E-state index in [4.69, 9.17) is 4.42 Å². The Bertz CT molecular complexity index is 569. The molecule has 0 radical (unpaired) electrons. The van der Waals surface area contributed by atoms with Crippen LogP contribution in [-0.4, -0.2) is 4.92 Å². The number of rotatable bonds is 5. The molecule has 0 aliphatic rings. The molecular weight excluding hydrogens is 312 g/mol. The lowest BCUT2D eigenvalue weighted by Gasteiger charge is -2.16. The van der Waals surface area contributed by atoms with Gasteiger partial charge in [-0.1, -0.05) is 22.9 Å². The third-order valence-electron chi connectivity index (χ3n) is 2.78. The summed E-state index contributed by atoms with van der Waals surface area (Å²) in [6.07, 6.45) is 2.36. The van der Waals surface area contributed by atoms with Crippen LogP contribution in [0.1, 0.15) is 25.1 Å². The van der Waals surface area contributed by atoms with Gasteiger partial charge in [0.2, 0.25) is 0 Å². The Morgan fingerprint density at radius 3 is 2.84 bits per heavy atom. The highest BCUT2D eigenvalue weighted by Gasteiger charge is 2.19. The lowest BCUT2D eigenvalue weighted by Crippen LogP contribution is -2.10. The Labute approximate surface area is 118 Å². The molecule has 0 aliphatic carbocycles. The number of nitro groups is 1. The molecule has 1 unspecified atom stereocenters. The van der Waals surface area contributed by atoms with Crippen LogP contribution in [0, 0.1) is 10.1 Å². The Morgan fingerprint density at radius 2 is 2.26 bits per heavy atom. The van der Waals surface area contributed by atoms with E-state index in [0.717, 1.165) is 12.2 Å². The summed E-state index contributed by atoms with van der Waals surface area (Å²) >= 11 is 3.24. The van der Waals surface area contributed by atoms with Gasteiger partial charge in [0.25, 0.3) is 5.69 Å². The van der Waals surface area contributed by atoms with E-state index in [-0.39, 0.29) is 11.7 Å². The molecule has 1 aromatic heterocycles. The summed E-state index contributed by atoms with van der Waals surface area (Å²) in [7, 11) is 0. The van der Waals surface area contributed by atoms with Gasteiger partial charge in [-0.25, -0.2) is 0 Å². The zero-order valence-corrected chi connectivity index (χ0v) is 11.9. The van der Waals surface area contributed by atoms with Crippen LogP contribution in [0.25, 0.3) is 0 Å². The van der Waals surface area contributed by atoms with E-state index >= 15 is 0 Å². The van der Waals surface area contributed by atoms with Gasteiger partial charge >= 0.3 is 0 Å². The normalized spacial score (nSPS) is 12.1. The van der Waals surface area contributed by atoms with Gasteiger partial charge in [0, 0.05) is 10.5 Å². The van der Waals surface area contributed by atoms with Gasteiger partial charge in [0.05, 0.1) is 17.2 Å². The summed E-state index contributed by atoms with van der Waals surface area (Å²) in [5.74, 6) is 0.764. The second kappa shape index (κ2) is 5.88. The fourth-order valence-electron chi connectivity index (χ4n) is 1.83. The van der Waals surface area contributed by atoms with E-state index in [0.29, 0.717) is 10.2 Å². The van der Waals surface area contributed by atoms with Crippen molar-refractivity contribution in [2.45, 2.75) is 19.4 Å². The number of anilines is 1. The minimum absolute atomic E-state index is 0.0411. The SMILES string of the molecule is CCC(Nc1ccc(Br)cc1[N+](=O)[O-])c1ccco1. The van der Waals surface area contributed by atoms with Crippen LogP contribution in [0.5, 0.6) is 0 Å². The first-order chi connectivity index (χ1) is 9.11. The lowest BCUT2D eigenvalue weighted by atomic mass is 10.1. The number of halogens is 1. The molecule has 0 amide bonds. The first kappa shape index (κ1) is 13.6. The second-order valence-corrected chi connectivity index (χ2v) is 4.95. The summed E-state index contributed by atoms with van der Waals surface area (Å²) in [6.45, 7) is 1.99. The van der Waals surface area contributed by atoms with Crippen molar-refractivity contribution in [3.05, 3.63) is 56.9 Å². The van der Waals surface area contributed by atoms with Gasteiger partial charge in [0.15, 0.2) is 0 Å². The topological polar surface area (TPSA) is 68.3 Å². The van der Waals surface area contributed by atoms with Crippen LogP contribution < -0.4 is 5.32 Å². The summed E-state index contributed by atoms with van der Waals surface area (Å²) in [5, 5.41) is 14.2. The molecule has 0 aliphatic heterocycles. The molecule has 5 nitrogen and oxygen atoms in total. The van der Waals surface area contributed by atoms with Crippen LogP contribution in [0.15, 0.2) is 45.5 Å². The first-order valence-electron chi connectivity index (χ1n) is 5.85. The first-order valence-corrected chi connectivity index (χ1v) is 6.65. The highest BCUT2D eigenvalue weighted by atomic mass is 79.9. The fraction of sp³-hybridized carbons (Fsp3) is 0.231. The molecular formula is C13H13BrN2O3. The molecule has 1 N–H and O–H groups in total. The predicted molar refractivity (Wildman–Crippen MR) is 76.2 cm³/mol. The Morgan fingerprint density at radius 1 is 1.47 bits per heavy atom. The van der Waals surface area contributed by atoms with Crippen LogP contribution in [0.4, 0.5) is 11.4 Å². The zero-order chi connectivity index (χ0) is 13.8. The van der Waals surface area contributed by atoms with E-state index in [1.165, 1.54) is 6.07 Å². The fourth-order valence-corrected chi connectivity index (χ4v) is 2.18. The van der Waals surface area contributed by atoms with Crippen LogP contribution >= 0.6 is 15.9 Å². The Kier molecular flexibility index (Phi) is 4.21. The third-order valence-corrected chi connectivity index (χ3v) is 3.27. The largest absolute Gasteiger partial charge is 0.467 e. The number of hydrogen-bond donors (Lipinski definition) is 1. The summed E-state index contributed by atoms with van der Waals surface area (Å²) in [6, 6.07) is 8.51. The highest BCUT2D eigenvalue weighted by Crippen LogP contribution is 2.32. The Hall–Kier alpha value is -1.82. The van der Waals surface area contributed by atoms with Crippen molar-refractivity contribution < 1.29 is 9.34 Å². The molecule has 6 heteroatoms. The van der Waals surface area contributed by atoms with Crippen LogP contribution in [0.2, 0.25) is 0 Å². The highest BCUT2D eigenvalue weighted by molar-refractivity contribution is 9.10. The summed E-state index contributed by atoms with van der Waals surface area (Å²) in [4.78, 5) is 10.7. The van der Waals surface area contributed by atoms with Gasteiger partial charge in [-0.3, -0.25) is 10.1 Å². The van der Waals surface area contributed by atoms with Crippen molar-refractivity contribution in [2.75, 3.05) is 5.32 Å². The molecule has 19 heavy (non-hydrogen) atoms. The van der Waals surface area contributed by atoms with Crippen LogP contribution in [0.3, 0.4) is 0 Å². The minimum Gasteiger partial charge on any atom is -0.467 e. The molecule has 2 aromatic rings. The van der Waals surface area contributed by atoms with E-state index < -0.39 is 4.92 Å². The monoisotopic (exact) mass is 324 g/mol. The maximum atomic E-state index is 11.1. The van der Waals surface area contributed by atoms with Crippen molar-refractivity contribution in [1.82, 2.24) is 0 Å². The standard InChI is InChI=1S/C13H13BrN2O3/c1-2-10(13-4-3-7-19-13)15-11-6-5-9(14)8-12(11)16(17)18/h3-8,10,15H,2H2,1H3. The quantitative estimate of drug-likeness (QED) is 0.648. The van der Waals surface area contributed by atoms with E-state index in [1.807, 2.05) is 13.0 Å². The smallest absolute Gasteiger partial charge is 0.293 e. The average molecular weight is 325 g/mol. The number of nitro benzene ring substituents is 1. The van der Waals surface area contributed by atoms with Crippen LogP contribution in [-0.2, 0) is 0 Å². The van der Waals surface area contributed by atoms with Crippen molar-refractivity contribution in [1.29, 1.82) is 0 Å². The van der Waals surface area contributed by atoms with Gasteiger partial charge < -0.3 is 9.73 Å². The summed E-state index contributed by atoms with van der Waals surface area (Å²) < 4.78 is 6.02. The van der Waals surface area contributed by atoms with Gasteiger partial charge in [-0.2, -0.15) is 0 Å². The molecule has 0 bridgehead atoms. The van der Waals surface area contributed by atoms with Crippen molar-refractivity contribution >= 4 is 27.3 Å². The Balaban J connectivity index is 2.29. The molecule has 0 saturated carbocycles. The minimum atomic E-state index is -0.401. The summed E-state index contributed by atoms with van der Waals surface area (Å²) in [5.41, 5.74) is 0.524.